The van der Waals surface area contributed by atoms with E-state index in [1.807, 2.05) is 17.5 Å². The molecular formula is C9H12N4O. The SMILES string of the molecule is Cc1cnc2c(NCCO)nccn12. The molecule has 0 amide bonds. The Labute approximate surface area is 81.4 Å². The molecule has 0 atom stereocenters. The zero-order chi connectivity index (χ0) is 9.97. The van der Waals surface area contributed by atoms with E-state index in [2.05, 4.69) is 15.3 Å². The summed E-state index contributed by atoms with van der Waals surface area (Å²) in [4.78, 5) is 8.38. The van der Waals surface area contributed by atoms with Crippen molar-refractivity contribution in [3.05, 3.63) is 24.3 Å². The summed E-state index contributed by atoms with van der Waals surface area (Å²) in [6, 6.07) is 0. The largest absolute Gasteiger partial charge is 0.395 e. The van der Waals surface area contributed by atoms with Crippen molar-refractivity contribution in [1.82, 2.24) is 14.4 Å². The Hall–Kier alpha value is -1.62. The maximum atomic E-state index is 8.69. The monoisotopic (exact) mass is 192 g/mol. The quantitative estimate of drug-likeness (QED) is 0.740. The summed E-state index contributed by atoms with van der Waals surface area (Å²) in [7, 11) is 0. The van der Waals surface area contributed by atoms with Crippen LogP contribution in [0.25, 0.3) is 5.65 Å². The average molecular weight is 192 g/mol. The number of aliphatic hydroxyl groups is 1. The molecule has 2 rings (SSSR count). The van der Waals surface area contributed by atoms with Crippen LogP contribution in [0.15, 0.2) is 18.6 Å². The first kappa shape index (κ1) is 8.96. The van der Waals surface area contributed by atoms with Gasteiger partial charge in [-0.05, 0) is 6.92 Å². The van der Waals surface area contributed by atoms with Gasteiger partial charge in [0, 0.05) is 30.8 Å². The number of hydrogen-bond acceptors (Lipinski definition) is 4. The zero-order valence-electron chi connectivity index (χ0n) is 7.94. The third kappa shape index (κ3) is 1.42. The molecule has 0 radical (unpaired) electrons. The lowest BCUT2D eigenvalue weighted by molar-refractivity contribution is 0.311. The van der Waals surface area contributed by atoms with Crippen molar-refractivity contribution in [3.8, 4) is 0 Å². The third-order valence-corrected chi connectivity index (χ3v) is 2.02. The predicted molar refractivity (Wildman–Crippen MR) is 53.3 cm³/mol. The smallest absolute Gasteiger partial charge is 0.180 e. The number of aryl methyl sites for hydroxylation is 1. The fourth-order valence-electron chi connectivity index (χ4n) is 1.34. The predicted octanol–water partition coefficient (Wildman–Crippen LogP) is 0.442. The summed E-state index contributed by atoms with van der Waals surface area (Å²) >= 11 is 0. The van der Waals surface area contributed by atoms with Crippen molar-refractivity contribution in [2.45, 2.75) is 6.92 Å². The minimum absolute atomic E-state index is 0.0857. The van der Waals surface area contributed by atoms with Crippen LogP contribution in [-0.4, -0.2) is 32.6 Å². The maximum absolute atomic E-state index is 8.69. The highest BCUT2D eigenvalue weighted by atomic mass is 16.3. The van der Waals surface area contributed by atoms with Gasteiger partial charge in [0.25, 0.3) is 0 Å². The topological polar surface area (TPSA) is 62.5 Å². The van der Waals surface area contributed by atoms with Gasteiger partial charge in [-0.15, -0.1) is 0 Å². The molecule has 0 unspecified atom stereocenters. The van der Waals surface area contributed by atoms with Crippen molar-refractivity contribution >= 4 is 11.5 Å². The maximum Gasteiger partial charge on any atom is 0.180 e. The fraction of sp³-hybridized carbons (Fsp3) is 0.333. The average Bonchev–Trinajstić information content (AvgIpc) is 2.58. The highest BCUT2D eigenvalue weighted by Crippen LogP contribution is 2.12. The van der Waals surface area contributed by atoms with E-state index in [0.29, 0.717) is 12.4 Å². The van der Waals surface area contributed by atoms with Crippen molar-refractivity contribution < 1.29 is 5.11 Å². The Bertz CT molecular complexity index is 437. The molecule has 0 fully saturated rings. The molecule has 2 heterocycles. The Balaban J connectivity index is 2.44. The molecule has 2 aromatic heterocycles. The molecule has 2 N–H and O–H groups in total. The number of anilines is 1. The molecule has 0 spiro atoms. The fourth-order valence-corrected chi connectivity index (χ4v) is 1.34. The first-order chi connectivity index (χ1) is 6.83. The molecule has 0 aliphatic carbocycles. The number of fused-ring (bicyclic) bond motifs is 1. The van der Waals surface area contributed by atoms with Gasteiger partial charge in [0.05, 0.1) is 6.61 Å². The number of hydrogen-bond donors (Lipinski definition) is 2. The van der Waals surface area contributed by atoms with Crippen LogP contribution in [0.2, 0.25) is 0 Å². The molecule has 5 heteroatoms. The molecule has 2 aromatic rings. The van der Waals surface area contributed by atoms with E-state index in [1.165, 1.54) is 0 Å². The van der Waals surface area contributed by atoms with E-state index >= 15 is 0 Å². The number of nitrogens with zero attached hydrogens (tertiary/aromatic N) is 3. The second-order valence-electron chi connectivity index (χ2n) is 3.02. The summed E-state index contributed by atoms with van der Waals surface area (Å²) in [5.41, 5.74) is 1.85. The standard InChI is InChI=1S/C9H12N4O/c1-7-6-12-9-8(11-3-5-14)10-2-4-13(7)9/h2,4,6,14H,3,5H2,1H3,(H,10,11). The van der Waals surface area contributed by atoms with Crippen molar-refractivity contribution in [3.63, 3.8) is 0 Å². The molecule has 0 saturated heterocycles. The summed E-state index contributed by atoms with van der Waals surface area (Å²) in [5, 5.41) is 11.7. The second kappa shape index (κ2) is 3.63. The molecule has 74 valence electrons. The van der Waals surface area contributed by atoms with Gasteiger partial charge in [0.1, 0.15) is 0 Å². The Morgan fingerprint density at radius 3 is 3.14 bits per heavy atom. The van der Waals surface area contributed by atoms with Gasteiger partial charge in [-0.3, -0.25) is 4.40 Å². The van der Waals surface area contributed by atoms with Crippen LogP contribution in [-0.2, 0) is 0 Å². The minimum atomic E-state index is 0.0857. The first-order valence-electron chi connectivity index (χ1n) is 4.46. The van der Waals surface area contributed by atoms with Gasteiger partial charge in [-0.25, -0.2) is 9.97 Å². The number of rotatable bonds is 3. The van der Waals surface area contributed by atoms with Crippen LogP contribution in [0.3, 0.4) is 0 Å². The van der Waals surface area contributed by atoms with Crippen LogP contribution < -0.4 is 5.32 Å². The van der Waals surface area contributed by atoms with Gasteiger partial charge in [0.2, 0.25) is 0 Å². The van der Waals surface area contributed by atoms with E-state index in [-0.39, 0.29) is 6.61 Å². The number of aliphatic hydroxyl groups excluding tert-OH is 1. The van der Waals surface area contributed by atoms with Crippen LogP contribution in [0.4, 0.5) is 5.82 Å². The summed E-state index contributed by atoms with van der Waals surface area (Å²) < 4.78 is 1.95. The lowest BCUT2D eigenvalue weighted by Gasteiger charge is -2.04. The highest BCUT2D eigenvalue weighted by molar-refractivity contribution is 5.62. The van der Waals surface area contributed by atoms with Gasteiger partial charge >= 0.3 is 0 Å². The Kier molecular flexibility index (Phi) is 2.32. The van der Waals surface area contributed by atoms with Crippen LogP contribution in [0, 0.1) is 6.92 Å². The van der Waals surface area contributed by atoms with Crippen LogP contribution >= 0.6 is 0 Å². The highest BCUT2D eigenvalue weighted by Gasteiger charge is 2.04. The van der Waals surface area contributed by atoms with E-state index < -0.39 is 0 Å². The first-order valence-corrected chi connectivity index (χ1v) is 4.46. The van der Waals surface area contributed by atoms with Crippen molar-refractivity contribution in [2.75, 3.05) is 18.5 Å². The molecule has 0 bridgehead atoms. The number of nitrogens with one attached hydrogen (secondary N) is 1. The normalized spacial score (nSPS) is 10.7. The lowest BCUT2D eigenvalue weighted by Crippen LogP contribution is -2.08. The summed E-state index contributed by atoms with van der Waals surface area (Å²) in [5.74, 6) is 0.703. The Morgan fingerprint density at radius 2 is 2.36 bits per heavy atom. The van der Waals surface area contributed by atoms with Gasteiger partial charge < -0.3 is 10.4 Å². The second-order valence-corrected chi connectivity index (χ2v) is 3.02. The molecular weight excluding hydrogens is 180 g/mol. The van der Waals surface area contributed by atoms with Crippen molar-refractivity contribution in [1.29, 1.82) is 0 Å². The van der Waals surface area contributed by atoms with Crippen molar-refractivity contribution in [2.24, 2.45) is 0 Å². The minimum Gasteiger partial charge on any atom is -0.395 e. The van der Waals surface area contributed by atoms with E-state index in [4.69, 9.17) is 5.11 Å². The molecule has 5 nitrogen and oxygen atoms in total. The van der Waals surface area contributed by atoms with Crippen LogP contribution in [0.5, 0.6) is 0 Å². The zero-order valence-corrected chi connectivity index (χ0v) is 7.94. The van der Waals surface area contributed by atoms with Crippen LogP contribution in [0.1, 0.15) is 5.69 Å². The third-order valence-electron chi connectivity index (χ3n) is 2.02. The van der Waals surface area contributed by atoms with E-state index in [1.54, 1.807) is 12.4 Å². The number of imidazole rings is 1. The summed E-state index contributed by atoms with van der Waals surface area (Å²) in [6.07, 6.45) is 5.37. The van der Waals surface area contributed by atoms with E-state index in [9.17, 15) is 0 Å². The molecule has 0 aliphatic rings. The van der Waals surface area contributed by atoms with Gasteiger partial charge in [-0.2, -0.15) is 0 Å². The van der Waals surface area contributed by atoms with Gasteiger partial charge in [-0.1, -0.05) is 0 Å². The lowest BCUT2D eigenvalue weighted by atomic mass is 10.5. The Morgan fingerprint density at radius 1 is 1.50 bits per heavy atom. The molecule has 14 heavy (non-hydrogen) atoms. The molecule has 0 saturated carbocycles. The number of aromatic nitrogens is 3. The van der Waals surface area contributed by atoms with E-state index in [0.717, 1.165) is 11.3 Å². The molecule has 0 aliphatic heterocycles. The summed E-state index contributed by atoms with van der Waals surface area (Å²) in [6.45, 7) is 2.55. The van der Waals surface area contributed by atoms with Gasteiger partial charge in [0.15, 0.2) is 11.5 Å². The molecule has 0 aromatic carbocycles.